The number of amides is 2. The van der Waals surface area contributed by atoms with Crippen LogP contribution < -0.4 is 10.8 Å². The summed E-state index contributed by atoms with van der Waals surface area (Å²) in [5.41, 5.74) is 5.00. The van der Waals surface area contributed by atoms with Crippen molar-refractivity contribution in [3.05, 3.63) is 42.0 Å². The highest BCUT2D eigenvalue weighted by Crippen LogP contribution is 2.23. The standard InChI is InChI=1S/C19H29N3O3/c1-15(2)16-6-5-7-17(14-16)19(3,4)20-18(23)21-25-13-10-22-8-11-24-12-9-22/h5-7,14H,1,8-13H2,2-4H3,(H2,20,21,23). The first-order valence-electron chi connectivity index (χ1n) is 8.65. The molecule has 6 nitrogen and oxygen atoms in total. The summed E-state index contributed by atoms with van der Waals surface area (Å²) in [5, 5.41) is 2.94. The summed E-state index contributed by atoms with van der Waals surface area (Å²) in [4.78, 5) is 19.6. The van der Waals surface area contributed by atoms with E-state index in [4.69, 9.17) is 9.57 Å². The van der Waals surface area contributed by atoms with Crippen LogP contribution in [0.1, 0.15) is 31.9 Å². The van der Waals surface area contributed by atoms with Crippen molar-refractivity contribution in [2.75, 3.05) is 39.5 Å². The number of morpholine rings is 1. The van der Waals surface area contributed by atoms with Gasteiger partial charge >= 0.3 is 6.03 Å². The number of urea groups is 1. The minimum atomic E-state index is -0.525. The summed E-state index contributed by atoms with van der Waals surface area (Å²) in [6, 6.07) is 7.66. The molecule has 0 radical (unpaired) electrons. The van der Waals surface area contributed by atoms with E-state index in [1.165, 1.54) is 0 Å². The van der Waals surface area contributed by atoms with Crippen molar-refractivity contribution in [3.8, 4) is 0 Å². The summed E-state index contributed by atoms with van der Waals surface area (Å²) >= 11 is 0. The third-order valence-corrected chi connectivity index (χ3v) is 4.28. The third-order valence-electron chi connectivity index (χ3n) is 4.28. The van der Waals surface area contributed by atoms with Crippen molar-refractivity contribution in [3.63, 3.8) is 0 Å². The molecule has 0 bridgehead atoms. The average Bonchev–Trinajstić information content (AvgIpc) is 2.59. The molecule has 0 atom stereocenters. The number of benzene rings is 1. The minimum Gasteiger partial charge on any atom is -0.379 e. The van der Waals surface area contributed by atoms with E-state index in [2.05, 4.69) is 22.3 Å². The summed E-state index contributed by atoms with van der Waals surface area (Å²) < 4.78 is 5.30. The summed E-state index contributed by atoms with van der Waals surface area (Å²) in [6.45, 7) is 14.4. The fourth-order valence-electron chi connectivity index (χ4n) is 2.67. The fourth-order valence-corrected chi connectivity index (χ4v) is 2.67. The number of nitrogens with zero attached hydrogens (tertiary/aromatic N) is 1. The zero-order valence-corrected chi connectivity index (χ0v) is 15.4. The van der Waals surface area contributed by atoms with Crippen molar-refractivity contribution in [1.29, 1.82) is 0 Å². The van der Waals surface area contributed by atoms with E-state index < -0.39 is 5.54 Å². The second-order valence-electron chi connectivity index (χ2n) is 6.84. The van der Waals surface area contributed by atoms with E-state index in [9.17, 15) is 4.79 Å². The highest BCUT2D eigenvalue weighted by molar-refractivity contribution is 5.74. The van der Waals surface area contributed by atoms with Crippen LogP contribution in [-0.2, 0) is 15.1 Å². The molecule has 1 aromatic carbocycles. The summed E-state index contributed by atoms with van der Waals surface area (Å²) in [5.74, 6) is 0. The number of carbonyl (C=O) groups excluding carboxylic acids is 1. The van der Waals surface area contributed by atoms with Gasteiger partial charge in [0.2, 0.25) is 0 Å². The Kier molecular flexibility index (Phi) is 6.99. The number of ether oxygens (including phenoxy) is 1. The molecule has 1 fully saturated rings. The van der Waals surface area contributed by atoms with E-state index in [0.29, 0.717) is 6.61 Å². The van der Waals surface area contributed by atoms with Crippen molar-refractivity contribution < 1.29 is 14.4 Å². The van der Waals surface area contributed by atoms with Crippen LogP contribution in [-0.4, -0.2) is 50.4 Å². The molecule has 0 spiro atoms. The number of hydroxylamine groups is 1. The molecule has 0 unspecified atom stereocenters. The minimum absolute atomic E-state index is 0.354. The topological polar surface area (TPSA) is 62.8 Å². The zero-order chi connectivity index (χ0) is 18.3. The van der Waals surface area contributed by atoms with Gasteiger partial charge in [0.1, 0.15) is 0 Å². The molecule has 1 saturated heterocycles. The second kappa shape index (κ2) is 8.99. The lowest BCUT2D eigenvalue weighted by molar-refractivity contribution is 0.00436. The predicted octanol–water partition coefficient (Wildman–Crippen LogP) is 2.52. The second-order valence-corrected chi connectivity index (χ2v) is 6.84. The molecule has 6 heteroatoms. The molecule has 1 aromatic rings. The van der Waals surface area contributed by atoms with Crippen molar-refractivity contribution in [2.45, 2.75) is 26.3 Å². The van der Waals surface area contributed by atoms with Gasteiger partial charge in [-0.1, -0.05) is 30.4 Å². The Morgan fingerprint density at radius 2 is 2.08 bits per heavy atom. The summed E-state index contributed by atoms with van der Waals surface area (Å²) in [6.07, 6.45) is 0. The molecule has 0 aliphatic carbocycles. The van der Waals surface area contributed by atoms with Crippen LogP contribution in [0.25, 0.3) is 5.57 Å². The van der Waals surface area contributed by atoms with Crippen molar-refractivity contribution in [2.24, 2.45) is 0 Å². The van der Waals surface area contributed by atoms with Crippen molar-refractivity contribution in [1.82, 2.24) is 15.7 Å². The molecule has 25 heavy (non-hydrogen) atoms. The van der Waals surface area contributed by atoms with E-state index in [-0.39, 0.29) is 6.03 Å². The number of carbonyl (C=O) groups is 1. The van der Waals surface area contributed by atoms with Crippen LogP contribution >= 0.6 is 0 Å². The Morgan fingerprint density at radius 1 is 1.36 bits per heavy atom. The highest BCUT2D eigenvalue weighted by Gasteiger charge is 2.23. The van der Waals surface area contributed by atoms with Crippen LogP contribution in [0.15, 0.2) is 30.8 Å². The van der Waals surface area contributed by atoms with Gasteiger partial charge in [-0.15, -0.1) is 0 Å². The van der Waals surface area contributed by atoms with Gasteiger partial charge in [0.15, 0.2) is 0 Å². The smallest absolute Gasteiger partial charge is 0.339 e. The van der Waals surface area contributed by atoms with Gasteiger partial charge in [0.05, 0.1) is 25.4 Å². The number of hydrogen-bond acceptors (Lipinski definition) is 4. The molecular weight excluding hydrogens is 318 g/mol. The monoisotopic (exact) mass is 347 g/mol. The highest BCUT2D eigenvalue weighted by atomic mass is 16.7. The molecule has 138 valence electrons. The van der Waals surface area contributed by atoms with Crippen LogP contribution in [0.2, 0.25) is 0 Å². The van der Waals surface area contributed by atoms with Crippen LogP contribution in [0.5, 0.6) is 0 Å². The first-order chi connectivity index (χ1) is 11.9. The Balaban J connectivity index is 1.78. The summed E-state index contributed by atoms with van der Waals surface area (Å²) in [7, 11) is 0. The lowest BCUT2D eigenvalue weighted by atomic mass is 9.92. The molecule has 0 aromatic heterocycles. The fraction of sp³-hybridized carbons (Fsp3) is 0.526. The van der Waals surface area contributed by atoms with Gasteiger partial charge in [0, 0.05) is 19.6 Å². The molecule has 1 heterocycles. The van der Waals surface area contributed by atoms with Crippen LogP contribution in [0.4, 0.5) is 4.79 Å². The van der Waals surface area contributed by atoms with Gasteiger partial charge in [-0.2, -0.15) is 0 Å². The quantitative estimate of drug-likeness (QED) is 0.588. The maximum Gasteiger partial charge on any atom is 0.339 e. The largest absolute Gasteiger partial charge is 0.379 e. The molecule has 2 rings (SSSR count). The number of nitrogens with one attached hydrogen (secondary N) is 2. The molecule has 0 saturated carbocycles. The zero-order valence-electron chi connectivity index (χ0n) is 15.4. The Labute approximate surface area is 150 Å². The number of rotatable bonds is 7. The van der Waals surface area contributed by atoms with Gasteiger partial charge in [-0.25, -0.2) is 10.3 Å². The first-order valence-corrected chi connectivity index (χ1v) is 8.65. The maximum absolute atomic E-state index is 12.1. The van der Waals surface area contributed by atoms with E-state index >= 15 is 0 Å². The lowest BCUT2D eigenvalue weighted by Gasteiger charge is -2.28. The lowest BCUT2D eigenvalue weighted by Crippen LogP contribution is -2.47. The molecule has 1 aliphatic heterocycles. The number of allylic oxidation sites excluding steroid dienone is 1. The first kappa shape index (κ1) is 19.4. The Hall–Kier alpha value is -1.89. The van der Waals surface area contributed by atoms with E-state index in [1.807, 2.05) is 45.0 Å². The van der Waals surface area contributed by atoms with Gasteiger partial charge in [-0.05, 0) is 38.0 Å². The van der Waals surface area contributed by atoms with Gasteiger partial charge in [0.25, 0.3) is 0 Å². The third kappa shape index (κ3) is 6.16. The molecule has 2 N–H and O–H groups in total. The Morgan fingerprint density at radius 3 is 2.76 bits per heavy atom. The molecule has 1 aliphatic rings. The van der Waals surface area contributed by atoms with Crippen LogP contribution in [0, 0.1) is 0 Å². The Bertz CT molecular complexity index is 595. The molecule has 2 amide bonds. The van der Waals surface area contributed by atoms with Gasteiger partial charge in [-0.3, -0.25) is 9.74 Å². The average molecular weight is 347 g/mol. The van der Waals surface area contributed by atoms with Crippen LogP contribution in [0.3, 0.4) is 0 Å². The molecular formula is C19H29N3O3. The number of hydrogen-bond donors (Lipinski definition) is 2. The SMILES string of the molecule is C=C(C)c1cccc(C(C)(C)NC(=O)NOCCN2CCOCC2)c1. The van der Waals surface area contributed by atoms with Gasteiger partial charge < -0.3 is 10.1 Å². The van der Waals surface area contributed by atoms with E-state index in [0.717, 1.165) is 49.5 Å². The van der Waals surface area contributed by atoms with Crippen molar-refractivity contribution >= 4 is 11.6 Å². The normalized spacial score (nSPS) is 15.6. The maximum atomic E-state index is 12.1. The predicted molar refractivity (Wildman–Crippen MR) is 99.1 cm³/mol. The van der Waals surface area contributed by atoms with E-state index in [1.54, 1.807) is 0 Å².